The Balaban J connectivity index is 2.82. The largest absolute Gasteiger partial charge is 0.268 e. The first-order chi connectivity index (χ1) is 7.00. The van der Waals surface area contributed by atoms with Gasteiger partial charge in [0.05, 0.1) is 16.2 Å². The molecule has 0 N–H and O–H groups in total. The molecule has 0 unspecified atom stereocenters. The molecule has 2 rings (SSSR count). The second-order valence-electron chi connectivity index (χ2n) is 3.95. The van der Waals surface area contributed by atoms with Gasteiger partial charge in [-0.15, -0.1) is 0 Å². The van der Waals surface area contributed by atoms with E-state index >= 15 is 0 Å². The van der Waals surface area contributed by atoms with Gasteiger partial charge in [0.25, 0.3) is 0 Å². The summed E-state index contributed by atoms with van der Waals surface area (Å²) in [7, 11) is 1.81. The Morgan fingerprint density at radius 3 is 2.67 bits per heavy atom. The Bertz CT molecular complexity index is 517. The van der Waals surface area contributed by atoms with E-state index in [2.05, 4.69) is 18.9 Å². The Hall–Kier alpha value is -1.09. The maximum Gasteiger partial charge on any atom is 0.143 e. The van der Waals surface area contributed by atoms with Crippen molar-refractivity contribution in [1.82, 2.24) is 9.78 Å². The highest BCUT2D eigenvalue weighted by Gasteiger charge is 2.14. The average molecular weight is 227 g/mol. The fourth-order valence-electron chi connectivity index (χ4n) is 1.71. The van der Waals surface area contributed by atoms with Crippen LogP contribution in [-0.4, -0.2) is 9.78 Å². The van der Waals surface area contributed by atoms with E-state index < -0.39 is 5.82 Å². The SMILES string of the molecule is CC(C)c1nn(C)c2cc(F)c(Cl)cc12. The number of hydrogen-bond acceptors (Lipinski definition) is 1. The number of benzene rings is 1. The lowest BCUT2D eigenvalue weighted by Gasteiger charge is -2.00. The second-order valence-corrected chi connectivity index (χ2v) is 4.35. The molecule has 0 bridgehead atoms. The van der Waals surface area contributed by atoms with Gasteiger partial charge in [0.15, 0.2) is 0 Å². The fourth-order valence-corrected chi connectivity index (χ4v) is 1.87. The van der Waals surface area contributed by atoms with Crippen LogP contribution < -0.4 is 0 Å². The first kappa shape index (κ1) is 10.4. The van der Waals surface area contributed by atoms with E-state index in [9.17, 15) is 4.39 Å². The van der Waals surface area contributed by atoms with Crippen molar-refractivity contribution in [3.8, 4) is 0 Å². The van der Waals surface area contributed by atoms with Crippen molar-refractivity contribution in [3.63, 3.8) is 0 Å². The Labute approximate surface area is 92.6 Å². The van der Waals surface area contributed by atoms with Crippen molar-refractivity contribution in [1.29, 1.82) is 0 Å². The molecule has 1 heterocycles. The minimum absolute atomic E-state index is 0.150. The number of aromatic nitrogens is 2. The zero-order valence-corrected chi connectivity index (χ0v) is 9.64. The van der Waals surface area contributed by atoms with Crippen molar-refractivity contribution in [3.05, 3.63) is 28.7 Å². The fraction of sp³-hybridized carbons (Fsp3) is 0.364. The number of nitrogens with zero attached hydrogens (tertiary/aromatic N) is 2. The Morgan fingerprint density at radius 1 is 1.40 bits per heavy atom. The second kappa shape index (κ2) is 3.49. The standard InChI is InChI=1S/C11H12ClFN2/c1-6(2)11-7-4-8(12)9(13)5-10(7)15(3)14-11/h4-6H,1-3H3. The molecule has 0 saturated heterocycles. The predicted octanol–water partition coefficient (Wildman–Crippen LogP) is 3.49. The lowest BCUT2D eigenvalue weighted by Crippen LogP contribution is -1.93. The molecule has 4 heteroatoms. The summed E-state index contributed by atoms with van der Waals surface area (Å²) in [6.45, 7) is 4.11. The van der Waals surface area contributed by atoms with Gasteiger partial charge in [-0.25, -0.2) is 4.39 Å². The number of halogens is 2. The normalized spacial score (nSPS) is 11.6. The van der Waals surface area contributed by atoms with Gasteiger partial charge in [0, 0.05) is 18.5 Å². The highest BCUT2D eigenvalue weighted by molar-refractivity contribution is 6.31. The molecule has 1 aromatic heterocycles. The predicted molar refractivity (Wildman–Crippen MR) is 59.8 cm³/mol. The van der Waals surface area contributed by atoms with E-state index in [0.717, 1.165) is 16.6 Å². The van der Waals surface area contributed by atoms with Crippen LogP contribution in [0, 0.1) is 5.82 Å². The van der Waals surface area contributed by atoms with Crippen molar-refractivity contribution < 1.29 is 4.39 Å². The number of rotatable bonds is 1. The lowest BCUT2D eigenvalue weighted by molar-refractivity contribution is 0.628. The average Bonchev–Trinajstić information content (AvgIpc) is 2.45. The number of aryl methyl sites for hydroxylation is 1. The summed E-state index contributed by atoms with van der Waals surface area (Å²) in [6, 6.07) is 3.07. The molecule has 0 saturated carbocycles. The molecule has 0 amide bonds. The summed E-state index contributed by atoms with van der Waals surface area (Å²) in [6.07, 6.45) is 0. The van der Waals surface area contributed by atoms with Crippen LogP contribution in [0.2, 0.25) is 5.02 Å². The third kappa shape index (κ3) is 1.61. The van der Waals surface area contributed by atoms with Gasteiger partial charge in [-0.3, -0.25) is 4.68 Å². The number of fused-ring (bicyclic) bond motifs is 1. The molecule has 0 atom stereocenters. The highest BCUT2D eigenvalue weighted by Crippen LogP contribution is 2.28. The van der Waals surface area contributed by atoms with Crippen LogP contribution in [0.4, 0.5) is 4.39 Å². The van der Waals surface area contributed by atoms with Gasteiger partial charge in [0.1, 0.15) is 5.82 Å². The van der Waals surface area contributed by atoms with Crippen molar-refractivity contribution >= 4 is 22.5 Å². The molecule has 2 aromatic rings. The molecule has 0 aliphatic rings. The van der Waals surface area contributed by atoms with E-state index in [1.807, 2.05) is 7.05 Å². The maximum atomic E-state index is 13.3. The van der Waals surface area contributed by atoms with Crippen molar-refractivity contribution in [2.75, 3.05) is 0 Å². The molecule has 0 aliphatic heterocycles. The molecule has 15 heavy (non-hydrogen) atoms. The van der Waals surface area contributed by atoms with Crippen molar-refractivity contribution in [2.45, 2.75) is 19.8 Å². The summed E-state index contributed by atoms with van der Waals surface area (Å²) in [5, 5.41) is 5.44. The van der Waals surface area contributed by atoms with Gasteiger partial charge in [-0.1, -0.05) is 25.4 Å². The summed E-state index contributed by atoms with van der Waals surface area (Å²) >= 11 is 5.76. The monoisotopic (exact) mass is 226 g/mol. The highest BCUT2D eigenvalue weighted by atomic mass is 35.5. The lowest BCUT2D eigenvalue weighted by atomic mass is 10.1. The van der Waals surface area contributed by atoms with E-state index in [4.69, 9.17) is 11.6 Å². The van der Waals surface area contributed by atoms with Gasteiger partial charge in [-0.05, 0) is 12.0 Å². The van der Waals surface area contributed by atoms with Crippen LogP contribution in [0.3, 0.4) is 0 Å². The van der Waals surface area contributed by atoms with Crippen LogP contribution in [0.1, 0.15) is 25.5 Å². The molecule has 0 radical (unpaired) electrons. The van der Waals surface area contributed by atoms with Gasteiger partial charge in [-0.2, -0.15) is 5.10 Å². The van der Waals surface area contributed by atoms with Crippen LogP contribution >= 0.6 is 11.6 Å². The summed E-state index contributed by atoms with van der Waals surface area (Å²) in [5.41, 5.74) is 1.73. The summed E-state index contributed by atoms with van der Waals surface area (Å²) < 4.78 is 15.0. The van der Waals surface area contributed by atoms with Crippen LogP contribution in [-0.2, 0) is 7.05 Å². The van der Waals surface area contributed by atoms with Gasteiger partial charge >= 0.3 is 0 Å². The minimum atomic E-state index is -0.400. The first-order valence-corrected chi connectivity index (χ1v) is 5.20. The summed E-state index contributed by atoms with van der Waals surface area (Å²) in [5.74, 6) is -0.0994. The molecular weight excluding hydrogens is 215 g/mol. The van der Waals surface area contributed by atoms with Gasteiger partial charge in [0.2, 0.25) is 0 Å². The maximum absolute atomic E-state index is 13.3. The van der Waals surface area contributed by atoms with Crippen LogP contribution in [0.25, 0.3) is 10.9 Å². The van der Waals surface area contributed by atoms with E-state index in [-0.39, 0.29) is 5.02 Å². The number of hydrogen-bond donors (Lipinski definition) is 0. The summed E-state index contributed by atoms with van der Waals surface area (Å²) in [4.78, 5) is 0. The molecular formula is C11H12ClFN2. The van der Waals surface area contributed by atoms with Crippen LogP contribution in [0.15, 0.2) is 12.1 Å². The third-order valence-corrected chi connectivity index (χ3v) is 2.76. The third-order valence-electron chi connectivity index (χ3n) is 2.47. The van der Waals surface area contributed by atoms with E-state index in [1.54, 1.807) is 10.7 Å². The molecule has 1 aromatic carbocycles. The Kier molecular flexibility index (Phi) is 2.43. The van der Waals surface area contributed by atoms with E-state index in [1.165, 1.54) is 6.07 Å². The Morgan fingerprint density at radius 2 is 2.07 bits per heavy atom. The molecule has 0 aliphatic carbocycles. The van der Waals surface area contributed by atoms with Crippen LogP contribution in [0.5, 0.6) is 0 Å². The molecule has 0 spiro atoms. The quantitative estimate of drug-likeness (QED) is 0.728. The van der Waals surface area contributed by atoms with E-state index in [0.29, 0.717) is 5.92 Å². The van der Waals surface area contributed by atoms with Crippen molar-refractivity contribution in [2.24, 2.45) is 7.05 Å². The molecule has 80 valence electrons. The minimum Gasteiger partial charge on any atom is -0.268 e. The smallest absolute Gasteiger partial charge is 0.143 e. The zero-order valence-electron chi connectivity index (χ0n) is 8.88. The first-order valence-electron chi connectivity index (χ1n) is 4.82. The molecule has 0 fully saturated rings. The van der Waals surface area contributed by atoms with Gasteiger partial charge < -0.3 is 0 Å². The molecule has 2 nitrogen and oxygen atoms in total. The topological polar surface area (TPSA) is 17.8 Å². The zero-order chi connectivity index (χ0) is 11.2.